The Kier molecular flexibility index (Phi) is 7.64. The van der Waals surface area contributed by atoms with Gasteiger partial charge in [-0.05, 0) is 49.2 Å². The molecule has 2 N–H and O–H groups in total. The molecule has 1 aliphatic rings. The maximum atomic E-state index is 12.3. The number of hydrogen-bond acceptors (Lipinski definition) is 4. The Balaban J connectivity index is 1.44. The lowest BCUT2D eigenvalue weighted by Crippen LogP contribution is -2.31. The van der Waals surface area contributed by atoms with Crippen LogP contribution < -0.4 is 15.4 Å². The van der Waals surface area contributed by atoms with Gasteiger partial charge in [0.1, 0.15) is 5.75 Å². The van der Waals surface area contributed by atoms with Crippen LogP contribution in [0.1, 0.15) is 40.7 Å². The highest BCUT2D eigenvalue weighted by Crippen LogP contribution is 2.17. The standard InChI is InChI=1S/C23H29N3O3/c1-29-21-11-5-4-10-20(21)23(28)24-13-12-22(27)25-16-18-8-2-3-9-19(18)17-26-14-6-7-15-26/h2-5,8-11H,6-7,12-17H2,1H3,(H,24,28)(H,25,27). The Morgan fingerprint density at radius 3 is 2.41 bits per heavy atom. The van der Waals surface area contributed by atoms with Gasteiger partial charge >= 0.3 is 0 Å². The number of para-hydroxylation sites is 1. The quantitative estimate of drug-likeness (QED) is 0.685. The Hall–Kier alpha value is -2.86. The average molecular weight is 396 g/mol. The van der Waals surface area contributed by atoms with E-state index < -0.39 is 0 Å². The Labute approximate surface area is 172 Å². The largest absolute Gasteiger partial charge is 0.496 e. The Bertz CT molecular complexity index is 832. The van der Waals surface area contributed by atoms with Crippen molar-refractivity contribution in [2.45, 2.75) is 32.4 Å². The summed E-state index contributed by atoms with van der Waals surface area (Å²) in [4.78, 5) is 26.9. The minimum absolute atomic E-state index is 0.0821. The van der Waals surface area contributed by atoms with Crippen LogP contribution in [0.3, 0.4) is 0 Å². The van der Waals surface area contributed by atoms with Gasteiger partial charge in [-0.15, -0.1) is 0 Å². The van der Waals surface area contributed by atoms with E-state index in [1.165, 1.54) is 25.5 Å². The van der Waals surface area contributed by atoms with Crippen molar-refractivity contribution in [3.05, 3.63) is 65.2 Å². The summed E-state index contributed by atoms with van der Waals surface area (Å²) in [7, 11) is 1.53. The van der Waals surface area contributed by atoms with Crippen LogP contribution >= 0.6 is 0 Å². The van der Waals surface area contributed by atoms with Crippen molar-refractivity contribution >= 4 is 11.8 Å². The van der Waals surface area contributed by atoms with Crippen LogP contribution in [-0.2, 0) is 17.9 Å². The second kappa shape index (κ2) is 10.6. The molecule has 0 spiro atoms. The van der Waals surface area contributed by atoms with Crippen LogP contribution in [0.2, 0.25) is 0 Å². The van der Waals surface area contributed by atoms with Crippen molar-refractivity contribution in [2.75, 3.05) is 26.7 Å². The minimum atomic E-state index is -0.244. The average Bonchev–Trinajstić information content (AvgIpc) is 3.26. The zero-order valence-corrected chi connectivity index (χ0v) is 16.9. The van der Waals surface area contributed by atoms with Gasteiger partial charge in [0.15, 0.2) is 0 Å². The fraction of sp³-hybridized carbons (Fsp3) is 0.391. The minimum Gasteiger partial charge on any atom is -0.496 e. The second-order valence-corrected chi connectivity index (χ2v) is 7.23. The van der Waals surface area contributed by atoms with Crippen molar-refractivity contribution in [1.82, 2.24) is 15.5 Å². The second-order valence-electron chi connectivity index (χ2n) is 7.23. The first kappa shape index (κ1) is 20.9. The molecule has 0 bridgehead atoms. The molecule has 154 valence electrons. The van der Waals surface area contributed by atoms with Gasteiger partial charge in [-0.2, -0.15) is 0 Å². The van der Waals surface area contributed by atoms with Crippen LogP contribution in [0.5, 0.6) is 5.75 Å². The lowest BCUT2D eigenvalue weighted by Gasteiger charge is -2.17. The summed E-state index contributed by atoms with van der Waals surface area (Å²) >= 11 is 0. The van der Waals surface area contributed by atoms with Crippen molar-refractivity contribution in [2.24, 2.45) is 0 Å². The molecule has 2 aromatic rings. The zero-order chi connectivity index (χ0) is 20.5. The van der Waals surface area contributed by atoms with E-state index >= 15 is 0 Å². The van der Waals surface area contributed by atoms with Gasteiger partial charge in [-0.1, -0.05) is 36.4 Å². The summed E-state index contributed by atoms with van der Waals surface area (Å²) in [6, 6.07) is 15.3. The topological polar surface area (TPSA) is 70.7 Å². The number of ether oxygens (including phenoxy) is 1. The van der Waals surface area contributed by atoms with Crippen LogP contribution in [0.25, 0.3) is 0 Å². The van der Waals surface area contributed by atoms with E-state index in [9.17, 15) is 9.59 Å². The highest BCUT2D eigenvalue weighted by atomic mass is 16.5. The molecule has 29 heavy (non-hydrogen) atoms. The third-order valence-electron chi connectivity index (χ3n) is 5.18. The predicted molar refractivity (Wildman–Crippen MR) is 113 cm³/mol. The number of carbonyl (C=O) groups excluding carboxylic acids is 2. The molecule has 1 aliphatic heterocycles. The summed E-state index contributed by atoms with van der Waals surface area (Å²) in [5, 5.41) is 5.74. The van der Waals surface area contributed by atoms with Crippen molar-refractivity contribution in [3.8, 4) is 5.75 Å². The van der Waals surface area contributed by atoms with E-state index in [0.29, 0.717) is 17.9 Å². The van der Waals surface area contributed by atoms with E-state index in [-0.39, 0.29) is 24.8 Å². The number of carbonyl (C=O) groups is 2. The number of nitrogens with one attached hydrogen (secondary N) is 2. The molecule has 0 aliphatic carbocycles. The molecule has 0 atom stereocenters. The van der Waals surface area contributed by atoms with Gasteiger partial charge < -0.3 is 15.4 Å². The molecule has 1 saturated heterocycles. The van der Waals surface area contributed by atoms with E-state index in [4.69, 9.17) is 4.74 Å². The van der Waals surface area contributed by atoms with Crippen molar-refractivity contribution in [3.63, 3.8) is 0 Å². The number of methoxy groups -OCH3 is 1. The summed E-state index contributed by atoms with van der Waals surface area (Å²) in [6.07, 6.45) is 2.76. The van der Waals surface area contributed by atoms with Gasteiger partial charge in [0.25, 0.3) is 5.91 Å². The van der Waals surface area contributed by atoms with Crippen LogP contribution in [0, 0.1) is 0 Å². The number of amides is 2. The first-order chi connectivity index (χ1) is 14.2. The summed E-state index contributed by atoms with van der Waals surface area (Å²) in [5.74, 6) is 0.191. The van der Waals surface area contributed by atoms with E-state index in [1.807, 2.05) is 18.2 Å². The number of likely N-dealkylation sites (tertiary alicyclic amines) is 1. The fourth-order valence-corrected chi connectivity index (χ4v) is 3.57. The van der Waals surface area contributed by atoms with E-state index in [1.54, 1.807) is 18.2 Å². The highest BCUT2D eigenvalue weighted by Gasteiger charge is 2.14. The van der Waals surface area contributed by atoms with Crippen molar-refractivity contribution < 1.29 is 14.3 Å². The van der Waals surface area contributed by atoms with Crippen LogP contribution in [0.15, 0.2) is 48.5 Å². The zero-order valence-electron chi connectivity index (χ0n) is 16.9. The smallest absolute Gasteiger partial charge is 0.255 e. The summed E-state index contributed by atoms with van der Waals surface area (Å²) < 4.78 is 5.20. The molecule has 0 radical (unpaired) electrons. The van der Waals surface area contributed by atoms with Gasteiger partial charge in [0.2, 0.25) is 5.91 Å². The monoisotopic (exact) mass is 395 g/mol. The van der Waals surface area contributed by atoms with Gasteiger partial charge in [0.05, 0.1) is 12.7 Å². The lowest BCUT2D eigenvalue weighted by atomic mass is 10.1. The maximum Gasteiger partial charge on any atom is 0.255 e. The van der Waals surface area contributed by atoms with Gasteiger partial charge in [-0.3, -0.25) is 14.5 Å². The summed E-state index contributed by atoms with van der Waals surface area (Å²) in [6.45, 7) is 4.00. The third-order valence-corrected chi connectivity index (χ3v) is 5.18. The Morgan fingerprint density at radius 1 is 0.966 bits per heavy atom. The Morgan fingerprint density at radius 2 is 1.66 bits per heavy atom. The number of nitrogens with zero attached hydrogens (tertiary/aromatic N) is 1. The SMILES string of the molecule is COc1ccccc1C(=O)NCCC(=O)NCc1ccccc1CN1CCCC1. The predicted octanol–water partition coefficient (Wildman–Crippen LogP) is 2.73. The normalized spacial score (nSPS) is 13.8. The molecule has 2 amide bonds. The molecule has 0 saturated carbocycles. The van der Waals surface area contributed by atoms with E-state index in [0.717, 1.165) is 25.2 Å². The molecular formula is C23H29N3O3. The maximum absolute atomic E-state index is 12.3. The molecule has 1 fully saturated rings. The first-order valence-electron chi connectivity index (χ1n) is 10.1. The molecule has 2 aromatic carbocycles. The summed E-state index contributed by atoms with van der Waals surface area (Å²) in [5.41, 5.74) is 2.87. The van der Waals surface area contributed by atoms with Gasteiger partial charge in [0, 0.05) is 26.1 Å². The van der Waals surface area contributed by atoms with E-state index in [2.05, 4.69) is 27.7 Å². The molecule has 1 heterocycles. The molecular weight excluding hydrogens is 366 g/mol. The fourth-order valence-electron chi connectivity index (χ4n) is 3.57. The molecule has 6 nitrogen and oxygen atoms in total. The lowest BCUT2D eigenvalue weighted by molar-refractivity contribution is -0.121. The number of hydrogen-bond donors (Lipinski definition) is 2. The number of rotatable bonds is 9. The number of benzene rings is 2. The molecule has 0 unspecified atom stereocenters. The van der Waals surface area contributed by atoms with Crippen LogP contribution in [0.4, 0.5) is 0 Å². The van der Waals surface area contributed by atoms with Gasteiger partial charge in [-0.25, -0.2) is 0 Å². The molecule has 0 aromatic heterocycles. The highest BCUT2D eigenvalue weighted by molar-refractivity contribution is 5.97. The third kappa shape index (κ3) is 6.06. The molecule has 3 rings (SSSR count). The first-order valence-corrected chi connectivity index (χ1v) is 10.1. The van der Waals surface area contributed by atoms with Crippen LogP contribution in [-0.4, -0.2) is 43.5 Å². The van der Waals surface area contributed by atoms with Crippen molar-refractivity contribution in [1.29, 1.82) is 0 Å². The molecule has 6 heteroatoms.